The molecule has 0 spiro atoms. The van der Waals surface area contributed by atoms with Crippen LogP contribution in [0.2, 0.25) is 0 Å². The van der Waals surface area contributed by atoms with Gasteiger partial charge in [0, 0.05) is 54.0 Å². The van der Waals surface area contributed by atoms with Gasteiger partial charge in [-0.3, -0.25) is 4.79 Å². The molecule has 6 nitrogen and oxygen atoms in total. The molecule has 206 valence electrons. The standard InChI is InChI=1S/C30H34F3N5O/c1-4-17-34-25-15-9-6-11-21(25)19(2)35-28-18-27(23-13-7-10-16-26(23)36-20(3)39)37-29(38-28)22-12-5-8-14-24(22)30(31,32)33/h5-6,8-9,11-12,14-15,18,23,26,34H,2,4,7,10,13,16-17H2,1,3H3,(H,36,39)(H,35,37,38). The minimum atomic E-state index is -4.57. The summed E-state index contributed by atoms with van der Waals surface area (Å²) >= 11 is 0. The molecule has 2 atom stereocenters. The zero-order valence-electron chi connectivity index (χ0n) is 22.2. The van der Waals surface area contributed by atoms with Gasteiger partial charge in [0.25, 0.3) is 0 Å². The Morgan fingerprint density at radius 1 is 1.05 bits per heavy atom. The number of hydrogen-bond donors (Lipinski definition) is 3. The highest BCUT2D eigenvalue weighted by atomic mass is 19.4. The molecule has 1 fully saturated rings. The van der Waals surface area contributed by atoms with E-state index in [0.29, 0.717) is 17.2 Å². The zero-order chi connectivity index (χ0) is 28.0. The summed E-state index contributed by atoms with van der Waals surface area (Å²) in [7, 11) is 0. The van der Waals surface area contributed by atoms with Gasteiger partial charge >= 0.3 is 6.18 Å². The summed E-state index contributed by atoms with van der Waals surface area (Å²) in [5, 5.41) is 9.62. The summed E-state index contributed by atoms with van der Waals surface area (Å²) in [5.74, 6) is 0.0102. The van der Waals surface area contributed by atoms with Gasteiger partial charge in [-0.15, -0.1) is 0 Å². The van der Waals surface area contributed by atoms with Crippen LogP contribution in [0, 0.1) is 0 Å². The van der Waals surface area contributed by atoms with Crippen LogP contribution in [0.1, 0.15) is 68.7 Å². The van der Waals surface area contributed by atoms with E-state index in [0.717, 1.165) is 56.0 Å². The molecule has 0 radical (unpaired) electrons. The molecule has 4 rings (SSSR count). The van der Waals surface area contributed by atoms with Crippen molar-refractivity contribution in [2.24, 2.45) is 0 Å². The number of amides is 1. The predicted octanol–water partition coefficient (Wildman–Crippen LogP) is 7.23. The summed E-state index contributed by atoms with van der Waals surface area (Å²) in [6.07, 6.45) is -0.199. The van der Waals surface area contributed by atoms with E-state index in [1.807, 2.05) is 24.3 Å². The first-order valence-electron chi connectivity index (χ1n) is 13.3. The van der Waals surface area contributed by atoms with E-state index in [1.165, 1.54) is 19.1 Å². The maximum absolute atomic E-state index is 13.9. The summed E-state index contributed by atoms with van der Waals surface area (Å²) in [5.41, 5.74) is 1.96. The van der Waals surface area contributed by atoms with Crippen molar-refractivity contribution in [1.29, 1.82) is 0 Å². The molecule has 0 saturated heterocycles. The van der Waals surface area contributed by atoms with Gasteiger partial charge < -0.3 is 16.0 Å². The van der Waals surface area contributed by atoms with Gasteiger partial charge in [-0.25, -0.2) is 9.97 Å². The first-order chi connectivity index (χ1) is 18.7. The Morgan fingerprint density at radius 2 is 1.77 bits per heavy atom. The zero-order valence-corrected chi connectivity index (χ0v) is 22.2. The van der Waals surface area contributed by atoms with Crippen molar-refractivity contribution in [3.8, 4) is 11.4 Å². The van der Waals surface area contributed by atoms with Gasteiger partial charge in [0.15, 0.2) is 5.82 Å². The molecule has 1 aromatic heterocycles. The summed E-state index contributed by atoms with van der Waals surface area (Å²) < 4.78 is 41.8. The highest BCUT2D eigenvalue weighted by molar-refractivity contribution is 5.82. The maximum atomic E-state index is 13.9. The molecule has 0 bridgehead atoms. The number of alkyl halides is 3. The fraction of sp³-hybridized carbons (Fsp3) is 0.367. The number of nitrogens with zero attached hydrogens (tertiary/aromatic N) is 2. The third kappa shape index (κ3) is 6.96. The first kappa shape index (κ1) is 28.1. The number of benzene rings is 2. The first-order valence-corrected chi connectivity index (χ1v) is 13.3. The third-order valence-electron chi connectivity index (χ3n) is 6.85. The van der Waals surface area contributed by atoms with Gasteiger partial charge in [-0.2, -0.15) is 13.2 Å². The van der Waals surface area contributed by atoms with E-state index < -0.39 is 11.7 Å². The molecule has 1 saturated carbocycles. The number of para-hydroxylation sites is 1. The minimum Gasteiger partial charge on any atom is -0.385 e. The fourth-order valence-corrected chi connectivity index (χ4v) is 5.07. The molecule has 2 aromatic carbocycles. The van der Waals surface area contributed by atoms with E-state index in [-0.39, 0.29) is 29.3 Å². The van der Waals surface area contributed by atoms with E-state index in [1.54, 1.807) is 12.1 Å². The van der Waals surface area contributed by atoms with Gasteiger partial charge in [0.1, 0.15) is 5.82 Å². The quantitative estimate of drug-likeness (QED) is 0.268. The van der Waals surface area contributed by atoms with E-state index in [9.17, 15) is 18.0 Å². The summed E-state index contributed by atoms with van der Waals surface area (Å²) in [6.45, 7) is 8.52. The Kier molecular flexibility index (Phi) is 8.89. The van der Waals surface area contributed by atoms with Crippen LogP contribution in [0.5, 0.6) is 0 Å². The lowest BCUT2D eigenvalue weighted by atomic mass is 9.82. The van der Waals surface area contributed by atoms with Crippen LogP contribution in [-0.4, -0.2) is 28.5 Å². The van der Waals surface area contributed by atoms with Crippen molar-refractivity contribution in [3.05, 3.63) is 78.0 Å². The van der Waals surface area contributed by atoms with Crippen LogP contribution in [0.15, 0.2) is 61.2 Å². The average Bonchev–Trinajstić information content (AvgIpc) is 2.91. The van der Waals surface area contributed by atoms with Crippen molar-refractivity contribution in [3.63, 3.8) is 0 Å². The number of nitrogens with one attached hydrogen (secondary N) is 3. The molecule has 9 heteroatoms. The van der Waals surface area contributed by atoms with Crippen LogP contribution >= 0.6 is 0 Å². The number of hydrogen-bond acceptors (Lipinski definition) is 5. The number of anilines is 2. The van der Waals surface area contributed by atoms with Crippen LogP contribution < -0.4 is 16.0 Å². The summed E-state index contributed by atoms with van der Waals surface area (Å²) in [6, 6.07) is 14.6. The van der Waals surface area contributed by atoms with Crippen molar-refractivity contribution in [1.82, 2.24) is 15.3 Å². The third-order valence-corrected chi connectivity index (χ3v) is 6.85. The lowest BCUT2D eigenvalue weighted by Crippen LogP contribution is -2.40. The van der Waals surface area contributed by atoms with Crippen LogP contribution in [0.25, 0.3) is 17.1 Å². The molecule has 1 amide bonds. The van der Waals surface area contributed by atoms with Gasteiger partial charge in [-0.05, 0) is 31.4 Å². The van der Waals surface area contributed by atoms with Crippen molar-refractivity contribution < 1.29 is 18.0 Å². The number of carbonyl (C=O) groups excluding carboxylic acids is 1. The van der Waals surface area contributed by atoms with Crippen LogP contribution in [0.4, 0.5) is 24.7 Å². The Labute approximate surface area is 227 Å². The van der Waals surface area contributed by atoms with Gasteiger partial charge in [0.2, 0.25) is 5.91 Å². The second-order valence-corrected chi connectivity index (χ2v) is 9.82. The van der Waals surface area contributed by atoms with Crippen molar-refractivity contribution in [2.75, 3.05) is 17.2 Å². The second-order valence-electron chi connectivity index (χ2n) is 9.82. The van der Waals surface area contributed by atoms with E-state index >= 15 is 0 Å². The normalized spacial score (nSPS) is 17.4. The van der Waals surface area contributed by atoms with E-state index in [2.05, 4.69) is 39.4 Å². The average molecular weight is 538 g/mol. The number of aromatic nitrogens is 2. The monoisotopic (exact) mass is 537 g/mol. The number of carbonyl (C=O) groups is 1. The summed E-state index contributed by atoms with van der Waals surface area (Å²) in [4.78, 5) is 21.1. The Morgan fingerprint density at radius 3 is 2.51 bits per heavy atom. The van der Waals surface area contributed by atoms with E-state index in [4.69, 9.17) is 0 Å². The molecular formula is C30H34F3N5O. The fourth-order valence-electron chi connectivity index (χ4n) is 5.07. The molecule has 3 aromatic rings. The van der Waals surface area contributed by atoms with Gasteiger partial charge in [-0.1, -0.05) is 62.7 Å². The Balaban J connectivity index is 1.78. The molecule has 1 aliphatic rings. The van der Waals surface area contributed by atoms with Crippen molar-refractivity contribution in [2.45, 2.75) is 64.1 Å². The molecule has 1 aliphatic carbocycles. The van der Waals surface area contributed by atoms with Crippen LogP contribution in [0.3, 0.4) is 0 Å². The molecule has 1 heterocycles. The molecule has 3 N–H and O–H groups in total. The minimum absolute atomic E-state index is 0.0275. The Hall–Kier alpha value is -3.88. The SMILES string of the molecule is C=C(Nc1cc(C2CCCCC2NC(C)=O)nc(-c2ccccc2C(F)(F)F)n1)c1ccccc1NCCC. The van der Waals surface area contributed by atoms with Gasteiger partial charge in [0.05, 0.1) is 11.3 Å². The number of rotatable bonds is 9. The largest absolute Gasteiger partial charge is 0.417 e. The molecule has 2 unspecified atom stereocenters. The maximum Gasteiger partial charge on any atom is 0.417 e. The molecule has 39 heavy (non-hydrogen) atoms. The predicted molar refractivity (Wildman–Crippen MR) is 149 cm³/mol. The highest BCUT2D eigenvalue weighted by Crippen LogP contribution is 2.38. The Bertz CT molecular complexity index is 1320. The lowest BCUT2D eigenvalue weighted by Gasteiger charge is -2.32. The van der Waals surface area contributed by atoms with Crippen LogP contribution in [-0.2, 0) is 11.0 Å². The van der Waals surface area contributed by atoms with Crippen molar-refractivity contribution >= 4 is 23.1 Å². The highest BCUT2D eigenvalue weighted by Gasteiger charge is 2.35. The molecule has 0 aliphatic heterocycles. The smallest absolute Gasteiger partial charge is 0.385 e. The topological polar surface area (TPSA) is 78.9 Å². The second kappa shape index (κ2) is 12.3. The number of halogens is 3. The lowest BCUT2D eigenvalue weighted by molar-refractivity contribution is -0.137. The molecular weight excluding hydrogens is 503 g/mol.